The van der Waals surface area contributed by atoms with Crippen LogP contribution in [0.2, 0.25) is 5.02 Å². The van der Waals surface area contributed by atoms with Crippen LogP contribution in [0.3, 0.4) is 0 Å². The van der Waals surface area contributed by atoms with Crippen LogP contribution in [0.15, 0.2) is 35.3 Å². The minimum Gasteiger partial charge on any atom is -0.495 e. The zero-order valence-corrected chi connectivity index (χ0v) is 19.2. The van der Waals surface area contributed by atoms with Crippen LogP contribution in [0.4, 0.5) is 5.95 Å². The van der Waals surface area contributed by atoms with E-state index in [4.69, 9.17) is 21.1 Å². The van der Waals surface area contributed by atoms with E-state index in [0.29, 0.717) is 27.8 Å². The van der Waals surface area contributed by atoms with Crippen LogP contribution in [0.5, 0.6) is 5.75 Å². The number of carbonyl (C=O) groups is 1. The van der Waals surface area contributed by atoms with E-state index < -0.39 is 11.5 Å². The molecule has 1 fully saturated rings. The Morgan fingerprint density at radius 1 is 1.33 bits per heavy atom. The first-order valence-corrected chi connectivity index (χ1v) is 11.1. The summed E-state index contributed by atoms with van der Waals surface area (Å²) in [5, 5.41) is 10.6. The summed E-state index contributed by atoms with van der Waals surface area (Å²) < 4.78 is 11.7. The molecule has 33 heavy (non-hydrogen) atoms. The summed E-state index contributed by atoms with van der Waals surface area (Å²) in [7, 11) is 1.53. The number of aliphatic hydroxyl groups excluding tert-OH is 1. The molecule has 4 rings (SSSR count). The number of anilines is 1. The lowest BCUT2D eigenvalue weighted by Gasteiger charge is -2.23. The van der Waals surface area contributed by atoms with Gasteiger partial charge in [-0.15, -0.1) is 0 Å². The molecule has 1 saturated heterocycles. The number of aliphatic hydroxyl groups is 1. The van der Waals surface area contributed by atoms with Crippen molar-refractivity contribution >= 4 is 34.6 Å². The van der Waals surface area contributed by atoms with Gasteiger partial charge >= 0.3 is 5.97 Å². The Morgan fingerprint density at radius 3 is 2.85 bits per heavy atom. The van der Waals surface area contributed by atoms with E-state index in [0.717, 1.165) is 24.9 Å². The van der Waals surface area contributed by atoms with Gasteiger partial charge in [0.1, 0.15) is 17.0 Å². The molecule has 0 aliphatic carbocycles. The smallest absolute Gasteiger partial charge is 0.343 e. The maximum Gasteiger partial charge on any atom is 0.343 e. The van der Waals surface area contributed by atoms with Gasteiger partial charge in [-0.1, -0.05) is 17.7 Å². The highest BCUT2D eigenvalue weighted by molar-refractivity contribution is 6.32. The normalized spacial score (nSPS) is 15.8. The Balaban J connectivity index is 1.86. The van der Waals surface area contributed by atoms with Gasteiger partial charge in [0.15, 0.2) is 0 Å². The third-order valence-electron chi connectivity index (χ3n) is 5.71. The molecule has 1 atom stereocenters. The van der Waals surface area contributed by atoms with Gasteiger partial charge in [-0.25, -0.2) is 9.78 Å². The first-order chi connectivity index (χ1) is 16.0. The summed E-state index contributed by atoms with van der Waals surface area (Å²) in [5.74, 6) is 0.255. The number of fused-ring (bicyclic) bond motifs is 1. The number of halogens is 1. The van der Waals surface area contributed by atoms with Gasteiger partial charge in [-0.05, 0) is 43.5 Å². The minimum atomic E-state index is -0.699. The summed E-state index contributed by atoms with van der Waals surface area (Å²) in [6.45, 7) is 2.68. The van der Waals surface area contributed by atoms with Gasteiger partial charge in [0, 0.05) is 18.1 Å². The number of hydrogen-bond acceptors (Lipinski definition) is 8. The van der Waals surface area contributed by atoms with Gasteiger partial charge in [0.25, 0.3) is 5.56 Å². The summed E-state index contributed by atoms with van der Waals surface area (Å²) >= 11 is 6.28. The van der Waals surface area contributed by atoms with Crippen molar-refractivity contribution in [1.82, 2.24) is 14.5 Å². The average molecular weight is 473 g/mol. The molecule has 174 valence electrons. The average Bonchev–Trinajstić information content (AvgIpc) is 3.29. The minimum absolute atomic E-state index is 0.000344. The van der Waals surface area contributed by atoms with E-state index in [2.05, 4.69) is 9.97 Å². The van der Waals surface area contributed by atoms with E-state index in [-0.39, 0.29) is 31.4 Å². The maximum absolute atomic E-state index is 13.4. The summed E-state index contributed by atoms with van der Waals surface area (Å²) in [4.78, 5) is 36.9. The number of aromatic nitrogens is 3. The highest BCUT2D eigenvalue weighted by Gasteiger charge is 2.27. The van der Waals surface area contributed by atoms with Crippen LogP contribution in [0.25, 0.3) is 11.0 Å². The molecule has 1 aromatic carbocycles. The summed E-state index contributed by atoms with van der Waals surface area (Å²) in [6, 6.07) is 6.62. The van der Waals surface area contributed by atoms with Gasteiger partial charge in [0.2, 0.25) is 5.95 Å². The van der Waals surface area contributed by atoms with Gasteiger partial charge < -0.3 is 19.5 Å². The monoisotopic (exact) mass is 472 g/mol. The molecule has 3 heterocycles. The Kier molecular flexibility index (Phi) is 6.80. The lowest BCUT2D eigenvalue weighted by atomic mass is 10.1. The number of pyridine rings is 1. The van der Waals surface area contributed by atoms with Crippen molar-refractivity contribution < 1.29 is 19.4 Å². The maximum atomic E-state index is 13.4. The first-order valence-electron chi connectivity index (χ1n) is 10.7. The van der Waals surface area contributed by atoms with Crippen LogP contribution in [-0.4, -0.2) is 58.5 Å². The highest BCUT2D eigenvalue weighted by atomic mass is 35.5. The van der Waals surface area contributed by atoms with Crippen molar-refractivity contribution in [3.8, 4) is 5.75 Å². The van der Waals surface area contributed by atoms with Gasteiger partial charge in [0.05, 0.1) is 37.9 Å². The number of esters is 1. The van der Waals surface area contributed by atoms with Crippen molar-refractivity contribution in [3.63, 3.8) is 0 Å². The largest absolute Gasteiger partial charge is 0.495 e. The van der Waals surface area contributed by atoms with Crippen LogP contribution >= 0.6 is 11.6 Å². The number of nitrogens with zero attached hydrogens (tertiary/aromatic N) is 4. The molecule has 0 amide bonds. The Bertz CT molecular complexity index is 1250. The molecule has 1 N–H and O–H groups in total. The first kappa shape index (κ1) is 23.0. The number of hydrogen-bond donors (Lipinski definition) is 1. The third-order valence-corrected chi connectivity index (χ3v) is 6.01. The molecule has 0 unspecified atom stereocenters. The van der Waals surface area contributed by atoms with Crippen molar-refractivity contribution in [1.29, 1.82) is 0 Å². The second kappa shape index (κ2) is 9.76. The second-order valence-electron chi connectivity index (χ2n) is 7.76. The number of benzene rings is 1. The zero-order valence-electron chi connectivity index (χ0n) is 18.5. The SMILES string of the molecule is CCOC(=O)c1cc2cnc(N3CCC[C@H]3CO)nc2n(Cc2ccc(OC)c(Cl)c2)c1=O. The molecule has 1 aliphatic rings. The van der Waals surface area contributed by atoms with Crippen LogP contribution in [-0.2, 0) is 11.3 Å². The number of rotatable bonds is 7. The molecule has 0 saturated carbocycles. The molecule has 0 spiro atoms. The molecule has 0 radical (unpaired) electrons. The van der Waals surface area contributed by atoms with Crippen molar-refractivity contribution in [2.24, 2.45) is 0 Å². The van der Waals surface area contributed by atoms with Crippen molar-refractivity contribution in [2.75, 3.05) is 31.8 Å². The lowest BCUT2D eigenvalue weighted by Crippen LogP contribution is -2.34. The lowest BCUT2D eigenvalue weighted by molar-refractivity contribution is 0.0524. The quantitative estimate of drug-likeness (QED) is 0.523. The molecule has 3 aromatic rings. The van der Waals surface area contributed by atoms with Crippen LogP contribution < -0.4 is 15.2 Å². The molecule has 0 bridgehead atoms. The predicted octanol–water partition coefficient (Wildman–Crippen LogP) is 2.64. The van der Waals surface area contributed by atoms with Crippen molar-refractivity contribution in [2.45, 2.75) is 32.4 Å². The summed E-state index contributed by atoms with van der Waals surface area (Å²) in [6.07, 6.45) is 3.35. The van der Waals surface area contributed by atoms with Gasteiger partial charge in [-0.3, -0.25) is 9.36 Å². The molecular weight excluding hydrogens is 448 g/mol. The Morgan fingerprint density at radius 2 is 2.15 bits per heavy atom. The third kappa shape index (κ3) is 4.51. The van der Waals surface area contributed by atoms with E-state index in [9.17, 15) is 14.7 Å². The number of ether oxygens (including phenoxy) is 2. The zero-order chi connectivity index (χ0) is 23.5. The molecule has 1 aliphatic heterocycles. The van der Waals surface area contributed by atoms with Gasteiger partial charge in [-0.2, -0.15) is 4.98 Å². The molecule has 9 nitrogen and oxygen atoms in total. The van der Waals surface area contributed by atoms with E-state index in [1.54, 1.807) is 31.3 Å². The molecule has 2 aromatic heterocycles. The second-order valence-corrected chi connectivity index (χ2v) is 8.17. The van der Waals surface area contributed by atoms with E-state index in [1.165, 1.54) is 17.7 Å². The predicted molar refractivity (Wildman–Crippen MR) is 124 cm³/mol. The Labute approximate surface area is 195 Å². The van der Waals surface area contributed by atoms with E-state index >= 15 is 0 Å². The highest BCUT2D eigenvalue weighted by Crippen LogP contribution is 2.27. The standard InChI is InChI=1S/C23H25ClN4O5/c1-3-33-22(31)17-10-15-11-25-23(27-8-4-5-16(27)13-29)26-20(15)28(21(17)30)12-14-6-7-19(32-2)18(24)9-14/h6-7,9-11,16,29H,3-5,8,12-13H2,1-2H3/t16-/m0/s1. The van der Waals surface area contributed by atoms with Crippen LogP contribution in [0, 0.1) is 0 Å². The Hall–Kier alpha value is -3.17. The molecular formula is C23H25ClN4O5. The fourth-order valence-electron chi connectivity index (χ4n) is 4.07. The topological polar surface area (TPSA) is 107 Å². The number of carbonyl (C=O) groups excluding carboxylic acids is 1. The van der Waals surface area contributed by atoms with E-state index in [1.807, 2.05) is 4.90 Å². The van der Waals surface area contributed by atoms with Crippen LogP contribution in [0.1, 0.15) is 35.7 Å². The van der Waals surface area contributed by atoms with Crippen molar-refractivity contribution in [3.05, 3.63) is 57.0 Å². The summed E-state index contributed by atoms with van der Waals surface area (Å²) in [5.41, 5.74) is 0.515. The number of methoxy groups -OCH3 is 1. The fraction of sp³-hybridized carbons (Fsp3) is 0.391. The molecule has 10 heteroatoms. The fourth-order valence-corrected chi connectivity index (χ4v) is 4.35.